The molecule has 0 saturated carbocycles. The number of carbonyl (C=O) groups is 3. The van der Waals surface area contributed by atoms with Crippen LogP contribution in [0.1, 0.15) is 6.92 Å². The maximum atomic E-state index is 12.2. The highest BCUT2D eigenvalue weighted by atomic mass is 16.5. The Balaban J connectivity index is 2.32. The molecule has 7 nitrogen and oxygen atoms in total. The molecule has 0 spiro atoms. The van der Waals surface area contributed by atoms with Crippen LogP contribution in [-0.4, -0.2) is 49.9 Å². The molecule has 1 aliphatic heterocycles. The summed E-state index contributed by atoms with van der Waals surface area (Å²) in [5.74, 6) is -0.155. The predicted molar refractivity (Wildman–Crippen MR) is 74.3 cm³/mol. The van der Waals surface area contributed by atoms with Gasteiger partial charge in [0.25, 0.3) is 0 Å². The molecule has 21 heavy (non-hydrogen) atoms. The van der Waals surface area contributed by atoms with E-state index >= 15 is 0 Å². The summed E-state index contributed by atoms with van der Waals surface area (Å²) in [4.78, 5) is 37.6. The van der Waals surface area contributed by atoms with Crippen molar-refractivity contribution >= 4 is 23.4 Å². The van der Waals surface area contributed by atoms with E-state index in [2.05, 4.69) is 0 Å². The topological polar surface area (TPSA) is 76.2 Å². The summed E-state index contributed by atoms with van der Waals surface area (Å²) in [6.45, 7) is 0.817. The van der Waals surface area contributed by atoms with Crippen molar-refractivity contribution < 1.29 is 23.9 Å². The SMILES string of the molecule is COc1cc(OC)cc(N2CC(=O)N(C(C)=O)CC2=O)c1. The number of nitrogens with zero attached hydrogens (tertiary/aromatic N) is 2. The second-order valence-electron chi connectivity index (χ2n) is 4.55. The Morgan fingerprint density at radius 3 is 2.05 bits per heavy atom. The molecule has 1 fully saturated rings. The first-order valence-electron chi connectivity index (χ1n) is 6.30. The van der Waals surface area contributed by atoms with Crippen LogP contribution in [0.3, 0.4) is 0 Å². The summed E-state index contributed by atoms with van der Waals surface area (Å²) in [7, 11) is 3.00. The zero-order chi connectivity index (χ0) is 15.6. The Kier molecular flexibility index (Phi) is 4.11. The summed E-state index contributed by atoms with van der Waals surface area (Å²) in [5.41, 5.74) is 0.493. The number of methoxy groups -OCH3 is 2. The van der Waals surface area contributed by atoms with Crippen LogP contribution >= 0.6 is 0 Å². The summed E-state index contributed by atoms with van der Waals surface area (Å²) < 4.78 is 10.3. The number of rotatable bonds is 3. The van der Waals surface area contributed by atoms with Crippen LogP contribution in [0.2, 0.25) is 0 Å². The van der Waals surface area contributed by atoms with Gasteiger partial charge < -0.3 is 14.4 Å². The molecule has 1 saturated heterocycles. The first-order chi connectivity index (χ1) is 9.96. The molecular formula is C14H16N2O5. The molecule has 1 aromatic carbocycles. The molecular weight excluding hydrogens is 276 g/mol. The van der Waals surface area contributed by atoms with Crippen molar-refractivity contribution in [1.82, 2.24) is 4.90 Å². The van der Waals surface area contributed by atoms with E-state index < -0.39 is 11.8 Å². The number of imide groups is 1. The smallest absolute Gasteiger partial charge is 0.249 e. The molecule has 0 unspecified atom stereocenters. The monoisotopic (exact) mass is 292 g/mol. The summed E-state index contributed by atoms with van der Waals surface area (Å²) in [6, 6.07) is 4.94. The van der Waals surface area contributed by atoms with E-state index in [9.17, 15) is 14.4 Å². The predicted octanol–water partition coefficient (Wildman–Crippen LogP) is 0.425. The average Bonchev–Trinajstić information content (AvgIpc) is 2.48. The van der Waals surface area contributed by atoms with Gasteiger partial charge in [-0.1, -0.05) is 0 Å². The Bertz CT molecular complexity index is 577. The third kappa shape index (κ3) is 2.96. The molecule has 1 heterocycles. The van der Waals surface area contributed by atoms with Gasteiger partial charge in [-0.3, -0.25) is 19.3 Å². The third-order valence-electron chi connectivity index (χ3n) is 3.22. The number of amides is 3. The first kappa shape index (κ1) is 14.8. The Hall–Kier alpha value is -2.57. The number of piperazine rings is 1. The van der Waals surface area contributed by atoms with Gasteiger partial charge in [-0.2, -0.15) is 0 Å². The van der Waals surface area contributed by atoms with Crippen LogP contribution < -0.4 is 14.4 Å². The van der Waals surface area contributed by atoms with Crippen molar-refractivity contribution in [3.8, 4) is 11.5 Å². The highest BCUT2D eigenvalue weighted by molar-refractivity contribution is 6.10. The van der Waals surface area contributed by atoms with Gasteiger partial charge in [-0.05, 0) is 0 Å². The Morgan fingerprint density at radius 1 is 1.00 bits per heavy atom. The van der Waals surface area contributed by atoms with E-state index in [4.69, 9.17) is 9.47 Å². The fourth-order valence-electron chi connectivity index (χ4n) is 2.09. The number of carbonyl (C=O) groups excluding carboxylic acids is 3. The Labute approximate surface area is 122 Å². The van der Waals surface area contributed by atoms with Crippen molar-refractivity contribution in [1.29, 1.82) is 0 Å². The van der Waals surface area contributed by atoms with E-state index in [-0.39, 0.29) is 19.0 Å². The lowest BCUT2D eigenvalue weighted by Gasteiger charge is -2.32. The number of hydrogen-bond acceptors (Lipinski definition) is 5. The molecule has 1 aromatic rings. The molecule has 0 aromatic heterocycles. The van der Waals surface area contributed by atoms with Gasteiger partial charge in [0.15, 0.2) is 0 Å². The third-order valence-corrected chi connectivity index (χ3v) is 3.22. The van der Waals surface area contributed by atoms with E-state index in [1.165, 1.54) is 26.0 Å². The molecule has 0 bridgehead atoms. The molecule has 0 aliphatic carbocycles. The van der Waals surface area contributed by atoms with E-state index in [1.807, 2.05) is 0 Å². The van der Waals surface area contributed by atoms with Crippen molar-refractivity contribution in [2.75, 3.05) is 32.2 Å². The molecule has 0 N–H and O–H groups in total. The summed E-state index contributed by atoms with van der Waals surface area (Å²) in [6.07, 6.45) is 0. The van der Waals surface area contributed by atoms with Crippen LogP contribution in [0, 0.1) is 0 Å². The first-order valence-corrected chi connectivity index (χ1v) is 6.30. The van der Waals surface area contributed by atoms with Gasteiger partial charge in [-0.15, -0.1) is 0 Å². The van der Waals surface area contributed by atoms with Crippen LogP contribution in [0.15, 0.2) is 18.2 Å². The van der Waals surface area contributed by atoms with Gasteiger partial charge in [-0.25, -0.2) is 0 Å². The van der Waals surface area contributed by atoms with Gasteiger partial charge in [0.1, 0.15) is 24.6 Å². The van der Waals surface area contributed by atoms with E-state index in [1.54, 1.807) is 18.2 Å². The minimum Gasteiger partial charge on any atom is -0.497 e. The highest BCUT2D eigenvalue weighted by Gasteiger charge is 2.33. The molecule has 0 atom stereocenters. The van der Waals surface area contributed by atoms with Crippen molar-refractivity contribution in [2.24, 2.45) is 0 Å². The van der Waals surface area contributed by atoms with Gasteiger partial charge in [0, 0.05) is 25.1 Å². The number of anilines is 1. The number of benzene rings is 1. The van der Waals surface area contributed by atoms with Crippen molar-refractivity contribution in [3.05, 3.63) is 18.2 Å². The minimum absolute atomic E-state index is 0.186. The van der Waals surface area contributed by atoms with E-state index in [0.29, 0.717) is 17.2 Å². The second-order valence-corrected chi connectivity index (χ2v) is 4.55. The maximum absolute atomic E-state index is 12.2. The zero-order valence-electron chi connectivity index (χ0n) is 12.1. The van der Waals surface area contributed by atoms with Gasteiger partial charge in [0.05, 0.1) is 19.9 Å². The standard InChI is InChI=1S/C14H16N2O5/c1-9(17)15-7-14(19)16(8-13(15)18)10-4-11(20-2)6-12(5-10)21-3/h4-6H,7-8H2,1-3H3. The zero-order valence-corrected chi connectivity index (χ0v) is 12.1. The lowest BCUT2D eigenvalue weighted by Crippen LogP contribution is -2.55. The lowest BCUT2D eigenvalue weighted by atomic mass is 10.2. The fourth-order valence-corrected chi connectivity index (χ4v) is 2.09. The molecule has 0 radical (unpaired) electrons. The number of hydrogen-bond donors (Lipinski definition) is 0. The normalized spacial score (nSPS) is 15.2. The highest BCUT2D eigenvalue weighted by Crippen LogP contribution is 2.29. The van der Waals surface area contributed by atoms with Crippen molar-refractivity contribution in [2.45, 2.75) is 6.92 Å². The summed E-state index contributed by atoms with van der Waals surface area (Å²) in [5, 5.41) is 0. The molecule has 1 aliphatic rings. The molecule has 2 rings (SSSR count). The van der Waals surface area contributed by atoms with E-state index in [0.717, 1.165) is 4.90 Å². The second kappa shape index (κ2) is 5.82. The average molecular weight is 292 g/mol. The summed E-state index contributed by atoms with van der Waals surface area (Å²) >= 11 is 0. The molecule has 112 valence electrons. The van der Waals surface area contributed by atoms with Crippen molar-refractivity contribution in [3.63, 3.8) is 0 Å². The molecule has 3 amide bonds. The van der Waals surface area contributed by atoms with Crippen LogP contribution in [0.5, 0.6) is 11.5 Å². The molecule has 7 heteroatoms. The Morgan fingerprint density at radius 2 is 1.57 bits per heavy atom. The van der Waals surface area contributed by atoms with Gasteiger partial charge in [0.2, 0.25) is 17.7 Å². The number of ether oxygens (including phenoxy) is 2. The quantitative estimate of drug-likeness (QED) is 0.807. The lowest BCUT2D eigenvalue weighted by molar-refractivity contribution is -0.148. The van der Waals surface area contributed by atoms with Crippen LogP contribution in [0.25, 0.3) is 0 Å². The maximum Gasteiger partial charge on any atom is 0.249 e. The van der Waals surface area contributed by atoms with Crippen LogP contribution in [0.4, 0.5) is 5.69 Å². The fraction of sp³-hybridized carbons (Fsp3) is 0.357. The van der Waals surface area contributed by atoms with Crippen LogP contribution in [-0.2, 0) is 14.4 Å². The minimum atomic E-state index is -0.434. The largest absolute Gasteiger partial charge is 0.497 e. The van der Waals surface area contributed by atoms with Gasteiger partial charge >= 0.3 is 0 Å².